The van der Waals surface area contributed by atoms with Crippen molar-refractivity contribution in [2.75, 3.05) is 20.6 Å². The number of halogens is 1. The number of benzene rings is 1. The molecular formula is C22H21ClN4O2. The van der Waals surface area contributed by atoms with E-state index in [1.54, 1.807) is 53.4 Å². The summed E-state index contributed by atoms with van der Waals surface area (Å²) in [6.07, 6.45) is 4.33. The Morgan fingerprint density at radius 3 is 2.28 bits per heavy atom. The Labute approximate surface area is 172 Å². The minimum absolute atomic E-state index is 0.128. The van der Waals surface area contributed by atoms with Gasteiger partial charge in [-0.1, -0.05) is 11.6 Å². The molecule has 0 bridgehead atoms. The molecule has 0 saturated heterocycles. The molecule has 6 nitrogen and oxygen atoms in total. The summed E-state index contributed by atoms with van der Waals surface area (Å²) in [7, 11) is 4.01. The lowest BCUT2D eigenvalue weighted by Crippen LogP contribution is -2.23. The topological polar surface area (TPSA) is 60.1 Å². The molecule has 148 valence electrons. The highest BCUT2D eigenvalue weighted by atomic mass is 35.5. The fourth-order valence-corrected chi connectivity index (χ4v) is 3.53. The first-order valence-corrected chi connectivity index (χ1v) is 9.78. The first-order chi connectivity index (χ1) is 13.9. The molecule has 0 aliphatic heterocycles. The van der Waals surface area contributed by atoms with Gasteiger partial charge in [-0.05, 0) is 69.5 Å². The maximum absolute atomic E-state index is 13.1. The summed E-state index contributed by atoms with van der Waals surface area (Å²) in [6, 6.07) is 12.3. The molecule has 3 heterocycles. The van der Waals surface area contributed by atoms with Crippen molar-refractivity contribution >= 4 is 33.4 Å². The molecule has 4 rings (SSSR count). The highest BCUT2D eigenvalue weighted by Crippen LogP contribution is 2.17. The average Bonchev–Trinajstić information content (AvgIpc) is 2.70. The number of nitrogens with zero attached hydrogens (tertiary/aromatic N) is 4. The Morgan fingerprint density at radius 2 is 1.59 bits per heavy atom. The molecule has 0 atom stereocenters. The van der Waals surface area contributed by atoms with Gasteiger partial charge in [-0.25, -0.2) is 4.98 Å². The molecule has 29 heavy (non-hydrogen) atoms. The van der Waals surface area contributed by atoms with Gasteiger partial charge in [0.25, 0.3) is 11.1 Å². The van der Waals surface area contributed by atoms with Crippen LogP contribution in [0.2, 0.25) is 5.02 Å². The van der Waals surface area contributed by atoms with Crippen LogP contribution in [0.25, 0.3) is 27.5 Å². The molecule has 0 radical (unpaired) electrons. The smallest absolute Gasteiger partial charge is 0.264 e. The normalized spacial score (nSPS) is 11.6. The molecule has 0 aliphatic rings. The van der Waals surface area contributed by atoms with Crippen LogP contribution >= 0.6 is 11.6 Å². The minimum Gasteiger partial charge on any atom is -0.315 e. The Kier molecular flexibility index (Phi) is 5.22. The van der Waals surface area contributed by atoms with E-state index in [4.69, 9.17) is 11.6 Å². The van der Waals surface area contributed by atoms with Gasteiger partial charge in [0.05, 0.1) is 21.8 Å². The Hall–Kier alpha value is -2.96. The van der Waals surface area contributed by atoms with Gasteiger partial charge < -0.3 is 9.47 Å². The van der Waals surface area contributed by atoms with Gasteiger partial charge in [0, 0.05) is 29.6 Å². The van der Waals surface area contributed by atoms with Crippen LogP contribution in [0.15, 0.2) is 64.4 Å². The SMILES string of the molecule is CN(C)CCCn1ccc2nc3ccn(-c4ccc(Cl)cc4)c(=O)c3cc2c1=O. The summed E-state index contributed by atoms with van der Waals surface area (Å²) >= 11 is 5.95. The van der Waals surface area contributed by atoms with Gasteiger partial charge in [-0.15, -0.1) is 0 Å². The maximum atomic E-state index is 13.1. The molecule has 1 aromatic carbocycles. The van der Waals surface area contributed by atoms with Gasteiger partial charge in [0.2, 0.25) is 0 Å². The largest absolute Gasteiger partial charge is 0.315 e. The Bertz CT molecular complexity index is 1310. The van der Waals surface area contributed by atoms with Crippen LogP contribution in [0.5, 0.6) is 0 Å². The fraction of sp³-hybridized carbons (Fsp3) is 0.227. The summed E-state index contributed by atoms with van der Waals surface area (Å²) < 4.78 is 3.21. The van der Waals surface area contributed by atoms with Crippen molar-refractivity contribution in [3.05, 3.63) is 80.6 Å². The van der Waals surface area contributed by atoms with Gasteiger partial charge in [-0.2, -0.15) is 0 Å². The third-order valence-corrected chi connectivity index (χ3v) is 5.18. The molecular weight excluding hydrogens is 388 g/mol. The van der Waals surface area contributed by atoms with Crippen LogP contribution in [0.1, 0.15) is 6.42 Å². The van der Waals surface area contributed by atoms with E-state index in [1.165, 1.54) is 4.57 Å². The van der Waals surface area contributed by atoms with E-state index in [9.17, 15) is 9.59 Å². The number of aryl methyl sites for hydroxylation is 1. The molecule has 0 unspecified atom stereocenters. The van der Waals surface area contributed by atoms with E-state index >= 15 is 0 Å². The van der Waals surface area contributed by atoms with Gasteiger partial charge in [0.1, 0.15) is 0 Å². The summed E-state index contributed by atoms with van der Waals surface area (Å²) in [5.41, 5.74) is 1.52. The molecule has 3 aromatic heterocycles. The number of aromatic nitrogens is 3. The van der Waals surface area contributed by atoms with E-state index < -0.39 is 0 Å². The fourth-order valence-electron chi connectivity index (χ4n) is 3.40. The van der Waals surface area contributed by atoms with Gasteiger partial charge >= 0.3 is 0 Å². The zero-order valence-corrected chi connectivity index (χ0v) is 17.1. The molecule has 0 amide bonds. The standard InChI is InChI=1S/C22H21ClN4O2/c1-25(2)10-3-11-26-12-8-19-17(21(26)28)14-18-20(24-19)9-13-27(22(18)29)16-6-4-15(23)5-7-16/h4-9,12-14H,3,10-11H2,1-2H3. The second kappa shape index (κ2) is 7.81. The van der Waals surface area contributed by atoms with E-state index in [0.29, 0.717) is 39.1 Å². The van der Waals surface area contributed by atoms with Crippen LogP contribution < -0.4 is 11.1 Å². The molecule has 0 spiro atoms. The molecule has 0 aliphatic carbocycles. The van der Waals surface area contributed by atoms with Gasteiger partial charge in [-0.3, -0.25) is 14.2 Å². The van der Waals surface area contributed by atoms with Gasteiger partial charge in [0.15, 0.2) is 0 Å². The van der Waals surface area contributed by atoms with Crippen molar-refractivity contribution < 1.29 is 0 Å². The number of pyridine rings is 3. The zero-order chi connectivity index (χ0) is 20.5. The summed E-state index contributed by atoms with van der Waals surface area (Å²) in [5, 5.41) is 1.47. The monoisotopic (exact) mass is 408 g/mol. The van der Waals surface area contributed by atoms with E-state index in [1.807, 2.05) is 20.2 Å². The highest BCUT2D eigenvalue weighted by molar-refractivity contribution is 6.30. The highest BCUT2D eigenvalue weighted by Gasteiger charge is 2.11. The average molecular weight is 409 g/mol. The number of rotatable bonds is 5. The molecule has 0 saturated carbocycles. The predicted octanol–water partition coefficient (Wildman–Crippen LogP) is 3.31. The predicted molar refractivity (Wildman–Crippen MR) is 117 cm³/mol. The van der Waals surface area contributed by atoms with Crippen molar-refractivity contribution in [3.8, 4) is 5.69 Å². The maximum Gasteiger partial charge on any atom is 0.264 e. The first-order valence-electron chi connectivity index (χ1n) is 9.40. The van der Waals surface area contributed by atoms with Crippen LogP contribution in [-0.2, 0) is 6.54 Å². The lowest BCUT2D eigenvalue weighted by Gasteiger charge is -2.11. The third kappa shape index (κ3) is 3.81. The number of hydrogen-bond acceptors (Lipinski definition) is 4. The molecule has 0 fully saturated rings. The molecule has 7 heteroatoms. The van der Waals surface area contributed by atoms with Crippen molar-refractivity contribution in [2.24, 2.45) is 0 Å². The second-order valence-corrected chi connectivity index (χ2v) is 7.73. The van der Waals surface area contributed by atoms with Crippen molar-refractivity contribution in [2.45, 2.75) is 13.0 Å². The van der Waals surface area contributed by atoms with E-state index in [-0.39, 0.29) is 11.1 Å². The van der Waals surface area contributed by atoms with Crippen molar-refractivity contribution in [3.63, 3.8) is 0 Å². The molecule has 4 aromatic rings. The lowest BCUT2D eigenvalue weighted by atomic mass is 10.2. The minimum atomic E-state index is -0.221. The van der Waals surface area contributed by atoms with E-state index in [2.05, 4.69) is 9.88 Å². The van der Waals surface area contributed by atoms with Crippen LogP contribution in [0.4, 0.5) is 0 Å². The molecule has 0 N–H and O–H groups in total. The Morgan fingerprint density at radius 1 is 0.931 bits per heavy atom. The van der Waals surface area contributed by atoms with Crippen LogP contribution in [0.3, 0.4) is 0 Å². The summed E-state index contributed by atoms with van der Waals surface area (Å²) in [5.74, 6) is 0. The van der Waals surface area contributed by atoms with E-state index in [0.717, 1.165) is 13.0 Å². The third-order valence-electron chi connectivity index (χ3n) is 4.92. The van der Waals surface area contributed by atoms with Crippen LogP contribution in [0, 0.1) is 0 Å². The quantitative estimate of drug-likeness (QED) is 0.475. The van der Waals surface area contributed by atoms with Crippen molar-refractivity contribution in [1.29, 1.82) is 0 Å². The zero-order valence-electron chi connectivity index (χ0n) is 16.3. The Balaban J connectivity index is 1.83. The van der Waals surface area contributed by atoms with Crippen molar-refractivity contribution in [1.82, 2.24) is 19.0 Å². The summed E-state index contributed by atoms with van der Waals surface area (Å²) in [6.45, 7) is 1.51. The lowest BCUT2D eigenvalue weighted by molar-refractivity contribution is 0.385. The number of hydrogen-bond donors (Lipinski definition) is 0. The summed E-state index contributed by atoms with van der Waals surface area (Å²) in [4.78, 5) is 32.6. The number of fused-ring (bicyclic) bond motifs is 2. The second-order valence-electron chi connectivity index (χ2n) is 7.29. The van der Waals surface area contributed by atoms with Crippen LogP contribution in [-0.4, -0.2) is 39.7 Å². The first kappa shape index (κ1) is 19.4.